The Labute approximate surface area is 134 Å². The molecule has 0 radical (unpaired) electrons. The van der Waals surface area contributed by atoms with Gasteiger partial charge < -0.3 is 5.11 Å². The first kappa shape index (κ1) is 15.5. The molecule has 106 valence electrons. The van der Waals surface area contributed by atoms with E-state index in [9.17, 15) is 10.1 Å². The van der Waals surface area contributed by atoms with Crippen LogP contribution in [0.2, 0.25) is 0 Å². The normalized spacial score (nSPS) is 10.2. The highest BCUT2D eigenvalue weighted by molar-refractivity contribution is 9.10. The predicted octanol–water partition coefficient (Wildman–Crippen LogP) is 3.58. The summed E-state index contributed by atoms with van der Waals surface area (Å²) in [4.78, 5) is 11.8. The molecule has 1 aromatic heterocycles. The maximum absolute atomic E-state index is 11.1. The van der Waals surface area contributed by atoms with Crippen molar-refractivity contribution in [3.8, 4) is 6.07 Å². The average Bonchev–Trinajstić information content (AvgIpc) is 2.45. The number of rotatable bonds is 3. The first-order valence-electron chi connectivity index (χ1n) is 5.88. The van der Waals surface area contributed by atoms with Gasteiger partial charge in [-0.2, -0.15) is 10.4 Å². The third kappa shape index (κ3) is 3.23. The van der Waals surface area contributed by atoms with Crippen LogP contribution in [0.4, 0.5) is 0 Å². The minimum absolute atomic E-state index is 0.162. The van der Waals surface area contributed by atoms with E-state index in [2.05, 4.69) is 32.2 Å². The molecule has 1 aromatic carbocycles. The molecule has 21 heavy (non-hydrogen) atoms. The molecule has 5 nitrogen and oxygen atoms in total. The summed E-state index contributed by atoms with van der Waals surface area (Å²) < 4.78 is 0.506. The molecular weight excluding hydrogens is 354 g/mol. The van der Waals surface area contributed by atoms with Crippen LogP contribution in [0, 0.1) is 25.2 Å². The van der Waals surface area contributed by atoms with Gasteiger partial charge in [0.1, 0.15) is 11.1 Å². The van der Waals surface area contributed by atoms with Gasteiger partial charge in [-0.1, -0.05) is 11.8 Å². The molecule has 2 aromatic rings. The Morgan fingerprint density at radius 1 is 1.38 bits per heavy atom. The smallest absolute Gasteiger partial charge is 0.336 e. The number of aromatic carboxylic acids is 1. The van der Waals surface area contributed by atoms with Crippen LogP contribution in [0.1, 0.15) is 27.2 Å². The van der Waals surface area contributed by atoms with Crippen LogP contribution < -0.4 is 0 Å². The van der Waals surface area contributed by atoms with Crippen molar-refractivity contribution in [1.29, 1.82) is 5.26 Å². The lowest BCUT2D eigenvalue weighted by atomic mass is 10.1. The van der Waals surface area contributed by atoms with Gasteiger partial charge in [-0.25, -0.2) is 4.79 Å². The first-order valence-corrected chi connectivity index (χ1v) is 7.49. The van der Waals surface area contributed by atoms with Crippen molar-refractivity contribution in [1.82, 2.24) is 10.2 Å². The van der Waals surface area contributed by atoms with Gasteiger partial charge in [-0.15, -0.1) is 5.10 Å². The first-order chi connectivity index (χ1) is 9.93. The van der Waals surface area contributed by atoms with E-state index in [1.807, 2.05) is 6.92 Å². The third-order valence-electron chi connectivity index (χ3n) is 2.92. The van der Waals surface area contributed by atoms with Gasteiger partial charge >= 0.3 is 5.97 Å². The quantitative estimate of drug-likeness (QED) is 0.896. The van der Waals surface area contributed by atoms with Crippen molar-refractivity contribution in [3.63, 3.8) is 0 Å². The number of hydrogen-bond donors (Lipinski definition) is 1. The zero-order valence-electron chi connectivity index (χ0n) is 11.2. The zero-order valence-corrected chi connectivity index (χ0v) is 13.6. The highest BCUT2D eigenvalue weighted by Crippen LogP contribution is 2.32. The highest BCUT2D eigenvalue weighted by Gasteiger charge is 2.14. The molecule has 0 unspecified atom stereocenters. The maximum atomic E-state index is 11.1. The summed E-state index contributed by atoms with van der Waals surface area (Å²) in [5.41, 5.74) is 2.12. The molecule has 0 spiro atoms. The molecule has 0 aliphatic carbocycles. The Morgan fingerprint density at radius 2 is 2.10 bits per heavy atom. The van der Waals surface area contributed by atoms with Gasteiger partial charge in [-0.05, 0) is 53.5 Å². The second-order valence-electron chi connectivity index (χ2n) is 4.25. The topological polar surface area (TPSA) is 86.9 Å². The summed E-state index contributed by atoms with van der Waals surface area (Å²) in [6, 6.07) is 7.08. The number of carboxylic acids is 1. The number of carboxylic acid groups (broad SMARTS) is 1. The minimum atomic E-state index is -1.02. The van der Waals surface area contributed by atoms with E-state index >= 15 is 0 Å². The van der Waals surface area contributed by atoms with Crippen LogP contribution in [0.3, 0.4) is 0 Å². The highest BCUT2D eigenvalue weighted by atomic mass is 79.9. The number of hydrogen-bond acceptors (Lipinski definition) is 5. The van der Waals surface area contributed by atoms with Gasteiger partial charge in [-0.3, -0.25) is 0 Å². The van der Waals surface area contributed by atoms with Crippen LogP contribution >= 0.6 is 27.7 Å². The molecule has 1 N–H and O–H groups in total. The van der Waals surface area contributed by atoms with Crippen LogP contribution in [-0.4, -0.2) is 21.3 Å². The largest absolute Gasteiger partial charge is 0.478 e. The number of halogens is 1. The van der Waals surface area contributed by atoms with Crippen LogP contribution in [-0.2, 0) is 0 Å². The lowest BCUT2D eigenvalue weighted by molar-refractivity contribution is 0.0695. The van der Waals surface area contributed by atoms with E-state index in [1.165, 1.54) is 17.8 Å². The second-order valence-corrected chi connectivity index (χ2v) is 6.17. The lowest BCUT2D eigenvalue weighted by Crippen LogP contribution is -2.00. The number of nitrogens with zero attached hydrogens (tertiary/aromatic N) is 3. The Hall–Kier alpha value is -1.91. The van der Waals surface area contributed by atoms with E-state index in [4.69, 9.17) is 5.11 Å². The predicted molar refractivity (Wildman–Crippen MR) is 81.4 cm³/mol. The summed E-state index contributed by atoms with van der Waals surface area (Å²) in [7, 11) is 0. The fourth-order valence-electron chi connectivity index (χ4n) is 1.63. The second kappa shape index (κ2) is 6.24. The number of aromatic nitrogens is 2. The maximum Gasteiger partial charge on any atom is 0.336 e. The average molecular weight is 364 g/mol. The van der Waals surface area contributed by atoms with Gasteiger partial charge in [0.15, 0.2) is 0 Å². The molecule has 0 bridgehead atoms. The summed E-state index contributed by atoms with van der Waals surface area (Å²) in [6.45, 7) is 3.61. The van der Waals surface area contributed by atoms with Crippen molar-refractivity contribution in [2.24, 2.45) is 0 Å². The Bertz CT molecular complexity index is 772. The van der Waals surface area contributed by atoms with E-state index in [-0.39, 0.29) is 5.56 Å². The Balaban J connectivity index is 2.44. The van der Waals surface area contributed by atoms with Crippen LogP contribution in [0.15, 0.2) is 32.6 Å². The molecule has 0 aliphatic rings. The lowest BCUT2D eigenvalue weighted by Gasteiger charge is -2.07. The standard InChI is InChI=1S/C14H10BrN3O2S/c1-7-8(2)17-18-13(11(7)6-16)21-9-3-4-12(15)10(5-9)14(19)20/h3-5H,1-2H3,(H,19,20). The number of aryl methyl sites for hydroxylation is 1. The Morgan fingerprint density at radius 3 is 2.71 bits per heavy atom. The third-order valence-corrected chi connectivity index (χ3v) is 4.58. The van der Waals surface area contributed by atoms with Crippen molar-refractivity contribution in [2.45, 2.75) is 23.8 Å². The fraction of sp³-hybridized carbons (Fsp3) is 0.143. The number of benzene rings is 1. The van der Waals surface area contributed by atoms with Crippen molar-refractivity contribution in [2.75, 3.05) is 0 Å². The van der Waals surface area contributed by atoms with Crippen LogP contribution in [0.5, 0.6) is 0 Å². The van der Waals surface area contributed by atoms with Crippen molar-refractivity contribution >= 4 is 33.7 Å². The van der Waals surface area contributed by atoms with Crippen molar-refractivity contribution < 1.29 is 9.90 Å². The fourth-order valence-corrected chi connectivity index (χ4v) is 2.97. The number of nitriles is 1. The summed E-state index contributed by atoms with van der Waals surface area (Å²) >= 11 is 4.42. The van der Waals surface area contributed by atoms with E-state index in [0.29, 0.717) is 25.7 Å². The Kier molecular flexibility index (Phi) is 4.60. The summed E-state index contributed by atoms with van der Waals surface area (Å²) in [5.74, 6) is -1.02. The molecule has 1 heterocycles. The van der Waals surface area contributed by atoms with E-state index in [0.717, 1.165) is 5.56 Å². The molecule has 0 atom stereocenters. The zero-order chi connectivity index (χ0) is 15.6. The molecule has 0 saturated heterocycles. The molecule has 2 rings (SSSR count). The SMILES string of the molecule is Cc1nnc(Sc2ccc(Br)c(C(=O)O)c2)c(C#N)c1C. The molecular formula is C14H10BrN3O2S. The van der Waals surface area contributed by atoms with Gasteiger partial charge in [0, 0.05) is 9.37 Å². The van der Waals surface area contributed by atoms with E-state index < -0.39 is 5.97 Å². The molecule has 0 aliphatic heterocycles. The van der Waals surface area contributed by atoms with E-state index in [1.54, 1.807) is 19.1 Å². The van der Waals surface area contributed by atoms with Gasteiger partial charge in [0.05, 0.1) is 16.8 Å². The molecule has 7 heteroatoms. The molecule has 0 saturated carbocycles. The van der Waals surface area contributed by atoms with Crippen molar-refractivity contribution in [3.05, 3.63) is 45.1 Å². The summed E-state index contributed by atoms with van der Waals surface area (Å²) in [6.07, 6.45) is 0. The van der Waals surface area contributed by atoms with Crippen LogP contribution in [0.25, 0.3) is 0 Å². The molecule has 0 amide bonds. The van der Waals surface area contributed by atoms with Gasteiger partial charge in [0.25, 0.3) is 0 Å². The minimum Gasteiger partial charge on any atom is -0.478 e. The number of carbonyl (C=O) groups is 1. The molecule has 0 fully saturated rings. The summed E-state index contributed by atoms with van der Waals surface area (Å²) in [5, 5.41) is 26.9. The van der Waals surface area contributed by atoms with Gasteiger partial charge in [0.2, 0.25) is 0 Å². The monoisotopic (exact) mass is 363 g/mol.